The number of methoxy groups -OCH3 is 1. The van der Waals surface area contributed by atoms with Crippen molar-refractivity contribution in [2.24, 2.45) is 0 Å². The molecular formula is C10H13N3O. The molecule has 14 heavy (non-hydrogen) atoms. The van der Waals surface area contributed by atoms with E-state index in [1.54, 1.807) is 13.2 Å². The molecule has 0 atom stereocenters. The topological polar surface area (TPSA) is 71.9 Å². The Balaban J connectivity index is 2.73. The summed E-state index contributed by atoms with van der Waals surface area (Å²) in [4.78, 5) is 3.86. The maximum Gasteiger partial charge on any atom is 0.123 e. The smallest absolute Gasteiger partial charge is 0.123 e. The van der Waals surface area contributed by atoms with Crippen molar-refractivity contribution in [3.63, 3.8) is 0 Å². The summed E-state index contributed by atoms with van der Waals surface area (Å²) in [5.74, 6) is 0.455. The van der Waals surface area contributed by atoms with Gasteiger partial charge in [-0.15, -0.1) is 0 Å². The molecular weight excluding hydrogens is 178 g/mol. The number of pyridine rings is 1. The molecule has 0 aliphatic rings. The third-order valence-electron chi connectivity index (χ3n) is 1.93. The van der Waals surface area contributed by atoms with Gasteiger partial charge in [0.1, 0.15) is 11.9 Å². The number of nitrogens with two attached hydrogens (primary N) is 1. The number of aryl methyl sites for hydroxylation is 1. The Labute approximate surface area is 83.3 Å². The van der Waals surface area contributed by atoms with Crippen LogP contribution in [0, 0.1) is 11.3 Å². The fourth-order valence-electron chi connectivity index (χ4n) is 1.23. The van der Waals surface area contributed by atoms with Gasteiger partial charge in [0.25, 0.3) is 0 Å². The van der Waals surface area contributed by atoms with E-state index >= 15 is 0 Å². The molecule has 4 nitrogen and oxygen atoms in total. The van der Waals surface area contributed by atoms with Crippen LogP contribution < -0.4 is 5.73 Å². The van der Waals surface area contributed by atoms with E-state index in [4.69, 9.17) is 15.7 Å². The van der Waals surface area contributed by atoms with Crippen molar-refractivity contribution in [2.45, 2.75) is 12.8 Å². The zero-order chi connectivity index (χ0) is 10.4. The first-order valence-corrected chi connectivity index (χ1v) is 4.41. The molecule has 1 heterocycles. The van der Waals surface area contributed by atoms with Crippen LogP contribution in [0.25, 0.3) is 0 Å². The minimum atomic E-state index is 0.455. The minimum Gasteiger partial charge on any atom is -0.385 e. The summed E-state index contributed by atoms with van der Waals surface area (Å²) < 4.78 is 4.94. The summed E-state index contributed by atoms with van der Waals surface area (Å²) in [5, 5.41) is 8.80. The first-order valence-electron chi connectivity index (χ1n) is 4.41. The van der Waals surface area contributed by atoms with Crippen molar-refractivity contribution in [1.29, 1.82) is 5.26 Å². The van der Waals surface area contributed by atoms with Gasteiger partial charge in [-0.2, -0.15) is 5.26 Å². The van der Waals surface area contributed by atoms with Crippen LogP contribution in [0.1, 0.15) is 17.5 Å². The molecule has 0 bridgehead atoms. The van der Waals surface area contributed by atoms with Crippen LogP contribution in [0.15, 0.2) is 12.3 Å². The van der Waals surface area contributed by atoms with Gasteiger partial charge in [-0.25, -0.2) is 4.98 Å². The summed E-state index contributed by atoms with van der Waals surface area (Å²) >= 11 is 0. The number of nitriles is 1. The summed E-state index contributed by atoms with van der Waals surface area (Å²) in [7, 11) is 1.66. The predicted octanol–water partition coefficient (Wildman–Crippen LogP) is 1.11. The van der Waals surface area contributed by atoms with Gasteiger partial charge in [-0.1, -0.05) is 0 Å². The van der Waals surface area contributed by atoms with Crippen molar-refractivity contribution in [3.05, 3.63) is 23.4 Å². The molecule has 4 heteroatoms. The van der Waals surface area contributed by atoms with Crippen LogP contribution in [0.3, 0.4) is 0 Å². The Kier molecular flexibility index (Phi) is 3.89. The molecule has 0 unspecified atom stereocenters. The second-order valence-electron chi connectivity index (χ2n) is 2.97. The van der Waals surface area contributed by atoms with Crippen molar-refractivity contribution >= 4 is 5.82 Å². The molecule has 0 aliphatic heterocycles. The summed E-state index contributed by atoms with van der Waals surface area (Å²) in [6, 6.07) is 3.84. The summed E-state index contributed by atoms with van der Waals surface area (Å²) in [5.41, 5.74) is 7.07. The lowest BCUT2D eigenvalue weighted by atomic mass is 10.1. The van der Waals surface area contributed by atoms with E-state index in [-0.39, 0.29) is 0 Å². The van der Waals surface area contributed by atoms with Crippen molar-refractivity contribution in [1.82, 2.24) is 4.98 Å². The van der Waals surface area contributed by atoms with Gasteiger partial charge >= 0.3 is 0 Å². The van der Waals surface area contributed by atoms with Crippen LogP contribution in [0.5, 0.6) is 0 Å². The quantitative estimate of drug-likeness (QED) is 0.724. The number of anilines is 1. The molecule has 0 saturated carbocycles. The number of rotatable bonds is 4. The maximum absolute atomic E-state index is 8.80. The van der Waals surface area contributed by atoms with E-state index in [0.29, 0.717) is 18.0 Å². The third kappa shape index (κ3) is 2.71. The van der Waals surface area contributed by atoms with Gasteiger partial charge in [-0.05, 0) is 24.5 Å². The molecule has 1 rings (SSSR count). The molecule has 2 N–H and O–H groups in total. The van der Waals surface area contributed by atoms with Gasteiger partial charge < -0.3 is 10.5 Å². The Morgan fingerprint density at radius 2 is 2.43 bits per heavy atom. The van der Waals surface area contributed by atoms with E-state index in [1.807, 2.05) is 0 Å². The zero-order valence-electron chi connectivity index (χ0n) is 8.16. The maximum atomic E-state index is 8.80. The van der Waals surface area contributed by atoms with Crippen LogP contribution in [-0.2, 0) is 11.2 Å². The normalized spacial score (nSPS) is 9.71. The Hall–Kier alpha value is -1.60. The molecule has 1 aromatic heterocycles. The van der Waals surface area contributed by atoms with Crippen LogP contribution >= 0.6 is 0 Å². The van der Waals surface area contributed by atoms with Gasteiger partial charge in [0.15, 0.2) is 0 Å². The number of ether oxygens (including phenoxy) is 1. The lowest BCUT2D eigenvalue weighted by molar-refractivity contribution is 0.195. The SMILES string of the molecule is COCCCc1cc(N)ncc1C#N. The number of nitrogen functional groups attached to an aromatic ring is 1. The fraction of sp³-hybridized carbons (Fsp3) is 0.400. The van der Waals surface area contributed by atoms with Crippen molar-refractivity contribution < 1.29 is 4.74 Å². The first-order chi connectivity index (χ1) is 6.77. The molecule has 0 fully saturated rings. The van der Waals surface area contributed by atoms with E-state index in [9.17, 15) is 0 Å². The highest BCUT2D eigenvalue weighted by Crippen LogP contribution is 2.11. The zero-order valence-corrected chi connectivity index (χ0v) is 8.16. The molecule has 0 amide bonds. The number of hydrogen-bond acceptors (Lipinski definition) is 4. The number of aromatic nitrogens is 1. The highest BCUT2D eigenvalue weighted by atomic mass is 16.5. The van der Waals surface area contributed by atoms with Gasteiger partial charge in [0, 0.05) is 19.9 Å². The van der Waals surface area contributed by atoms with E-state index in [2.05, 4.69) is 11.1 Å². The van der Waals surface area contributed by atoms with Crippen molar-refractivity contribution in [2.75, 3.05) is 19.5 Å². The van der Waals surface area contributed by atoms with E-state index in [0.717, 1.165) is 18.4 Å². The van der Waals surface area contributed by atoms with Gasteiger partial charge in [-0.3, -0.25) is 0 Å². The van der Waals surface area contributed by atoms with Crippen molar-refractivity contribution in [3.8, 4) is 6.07 Å². The first kappa shape index (κ1) is 10.5. The molecule has 74 valence electrons. The van der Waals surface area contributed by atoms with Crippen LogP contribution in [-0.4, -0.2) is 18.7 Å². The standard InChI is InChI=1S/C10H13N3O/c1-14-4-2-3-8-5-10(12)13-7-9(8)6-11/h5,7H,2-4H2,1H3,(H2,12,13). The molecule has 0 aliphatic carbocycles. The molecule has 0 aromatic carbocycles. The highest BCUT2D eigenvalue weighted by Gasteiger charge is 2.02. The van der Waals surface area contributed by atoms with Crippen LogP contribution in [0.4, 0.5) is 5.82 Å². The van der Waals surface area contributed by atoms with E-state index < -0.39 is 0 Å². The summed E-state index contributed by atoms with van der Waals surface area (Å²) in [6.07, 6.45) is 3.19. The lowest BCUT2D eigenvalue weighted by Crippen LogP contribution is -1.99. The monoisotopic (exact) mass is 191 g/mol. The Morgan fingerprint density at radius 3 is 3.07 bits per heavy atom. The lowest BCUT2D eigenvalue weighted by Gasteiger charge is -2.03. The Morgan fingerprint density at radius 1 is 1.64 bits per heavy atom. The number of nitrogens with zero attached hydrogens (tertiary/aromatic N) is 2. The average Bonchev–Trinajstić information content (AvgIpc) is 2.19. The third-order valence-corrected chi connectivity index (χ3v) is 1.93. The molecule has 0 spiro atoms. The summed E-state index contributed by atoms with van der Waals surface area (Å²) in [6.45, 7) is 0.688. The van der Waals surface area contributed by atoms with Crippen LogP contribution in [0.2, 0.25) is 0 Å². The molecule has 1 aromatic rings. The second-order valence-corrected chi connectivity index (χ2v) is 2.97. The second kappa shape index (κ2) is 5.20. The highest BCUT2D eigenvalue weighted by molar-refractivity contribution is 5.42. The average molecular weight is 191 g/mol. The molecule has 0 radical (unpaired) electrons. The largest absolute Gasteiger partial charge is 0.385 e. The molecule has 0 saturated heterocycles. The minimum absolute atomic E-state index is 0.455. The number of hydrogen-bond donors (Lipinski definition) is 1. The van der Waals surface area contributed by atoms with E-state index in [1.165, 1.54) is 6.20 Å². The van der Waals surface area contributed by atoms with Gasteiger partial charge in [0.05, 0.1) is 5.56 Å². The Bertz CT molecular complexity index is 344. The van der Waals surface area contributed by atoms with Gasteiger partial charge in [0.2, 0.25) is 0 Å². The fourth-order valence-corrected chi connectivity index (χ4v) is 1.23. The predicted molar refractivity (Wildman–Crippen MR) is 53.6 cm³/mol.